The molecule has 0 fully saturated rings. The number of benzene rings is 1. The summed E-state index contributed by atoms with van der Waals surface area (Å²) >= 11 is 0. The number of carbonyl (C=O) groups is 2. The Hall–Kier alpha value is -2.04. The SMILES string of the molecule is C=CCCCCCN1C(=O)C(=O)c2cc(F)cc(F)c21. The van der Waals surface area contributed by atoms with E-state index >= 15 is 0 Å². The molecule has 0 N–H and O–H groups in total. The fraction of sp³-hybridized carbons (Fsp3) is 0.333. The van der Waals surface area contributed by atoms with Crippen molar-refractivity contribution in [3.8, 4) is 0 Å². The Balaban J connectivity index is 2.14. The summed E-state index contributed by atoms with van der Waals surface area (Å²) in [5, 5.41) is 0. The lowest BCUT2D eigenvalue weighted by Crippen LogP contribution is -2.31. The van der Waals surface area contributed by atoms with Crippen molar-refractivity contribution >= 4 is 17.4 Å². The highest BCUT2D eigenvalue weighted by atomic mass is 19.1. The van der Waals surface area contributed by atoms with E-state index in [9.17, 15) is 18.4 Å². The molecule has 0 saturated carbocycles. The second-order valence-corrected chi connectivity index (χ2v) is 4.71. The Morgan fingerprint density at radius 1 is 1.15 bits per heavy atom. The minimum Gasteiger partial charge on any atom is -0.302 e. The van der Waals surface area contributed by atoms with Crippen molar-refractivity contribution in [1.29, 1.82) is 0 Å². The molecule has 0 unspecified atom stereocenters. The summed E-state index contributed by atoms with van der Waals surface area (Å²) in [5.41, 5.74) is -0.274. The summed E-state index contributed by atoms with van der Waals surface area (Å²) in [7, 11) is 0. The molecule has 1 aliphatic rings. The van der Waals surface area contributed by atoms with Crippen molar-refractivity contribution in [1.82, 2.24) is 0 Å². The Morgan fingerprint density at radius 3 is 2.60 bits per heavy atom. The zero-order valence-electron chi connectivity index (χ0n) is 11.0. The second kappa shape index (κ2) is 5.94. The van der Waals surface area contributed by atoms with Crippen LogP contribution in [0.25, 0.3) is 0 Å². The first kappa shape index (κ1) is 14.4. The van der Waals surface area contributed by atoms with Gasteiger partial charge in [0.05, 0.1) is 11.3 Å². The molecule has 1 aromatic rings. The van der Waals surface area contributed by atoms with Gasteiger partial charge in [0.1, 0.15) is 5.82 Å². The minimum atomic E-state index is -0.870. The highest BCUT2D eigenvalue weighted by Crippen LogP contribution is 2.32. The Bertz CT molecular complexity index is 569. The molecule has 1 aromatic carbocycles. The van der Waals surface area contributed by atoms with E-state index in [-0.39, 0.29) is 17.8 Å². The molecule has 1 heterocycles. The number of fused-ring (bicyclic) bond motifs is 1. The van der Waals surface area contributed by atoms with E-state index in [0.29, 0.717) is 12.5 Å². The van der Waals surface area contributed by atoms with Crippen LogP contribution in [0.4, 0.5) is 14.5 Å². The van der Waals surface area contributed by atoms with Gasteiger partial charge in [0.2, 0.25) is 0 Å². The molecule has 1 aliphatic heterocycles. The van der Waals surface area contributed by atoms with Crippen LogP contribution in [-0.4, -0.2) is 18.2 Å². The number of halogens is 2. The summed E-state index contributed by atoms with van der Waals surface area (Å²) in [5.74, 6) is -3.35. The fourth-order valence-corrected chi connectivity index (χ4v) is 2.30. The Kier molecular flexibility index (Phi) is 4.27. The van der Waals surface area contributed by atoms with E-state index < -0.39 is 23.3 Å². The number of amides is 1. The number of nitrogens with zero attached hydrogens (tertiary/aromatic N) is 1. The maximum Gasteiger partial charge on any atom is 0.299 e. The van der Waals surface area contributed by atoms with Crippen molar-refractivity contribution in [2.45, 2.75) is 25.7 Å². The molecule has 0 spiro atoms. The predicted molar refractivity (Wildman–Crippen MR) is 71.7 cm³/mol. The third-order valence-electron chi connectivity index (χ3n) is 3.27. The summed E-state index contributed by atoms with van der Waals surface area (Å²) in [4.78, 5) is 24.6. The van der Waals surface area contributed by atoms with E-state index in [1.54, 1.807) is 0 Å². The first-order valence-electron chi connectivity index (χ1n) is 6.52. The topological polar surface area (TPSA) is 37.4 Å². The van der Waals surface area contributed by atoms with E-state index in [4.69, 9.17) is 0 Å². The Morgan fingerprint density at radius 2 is 1.90 bits per heavy atom. The average Bonchev–Trinajstić information content (AvgIpc) is 2.64. The van der Waals surface area contributed by atoms with Crippen molar-refractivity contribution in [2.75, 3.05) is 11.4 Å². The number of carbonyl (C=O) groups excluding carboxylic acids is 2. The van der Waals surface area contributed by atoms with Crippen LogP contribution in [0.5, 0.6) is 0 Å². The van der Waals surface area contributed by atoms with E-state index in [0.717, 1.165) is 30.2 Å². The number of rotatable bonds is 6. The van der Waals surface area contributed by atoms with Gasteiger partial charge in [-0.05, 0) is 25.3 Å². The molecule has 1 amide bonds. The van der Waals surface area contributed by atoms with Crippen molar-refractivity contribution in [3.05, 3.63) is 42.0 Å². The van der Waals surface area contributed by atoms with E-state index in [1.807, 2.05) is 6.08 Å². The highest BCUT2D eigenvalue weighted by molar-refractivity contribution is 6.52. The van der Waals surface area contributed by atoms with Gasteiger partial charge in [-0.1, -0.05) is 12.5 Å². The number of hydrogen-bond acceptors (Lipinski definition) is 2. The number of Topliss-reactive ketones (excluding diaryl/α,β-unsaturated/α-hetero) is 1. The van der Waals surface area contributed by atoms with Crippen LogP contribution in [0.2, 0.25) is 0 Å². The van der Waals surface area contributed by atoms with Gasteiger partial charge in [-0.2, -0.15) is 0 Å². The van der Waals surface area contributed by atoms with Gasteiger partial charge < -0.3 is 4.90 Å². The molecular weight excluding hydrogens is 264 g/mol. The molecule has 2 rings (SSSR count). The van der Waals surface area contributed by atoms with E-state index in [2.05, 4.69) is 6.58 Å². The van der Waals surface area contributed by atoms with Crippen molar-refractivity contribution < 1.29 is 18.4 Å². The van der Waals surface area contributed by atoms with Gasteiger partial charge in [-0.25, -0.2) is 8.78 Å². The second-order valence-electron chi connectivity index (χ2n) is 4.71. The van der Waals surface area contributed by atoms with Gasteiger partial charge >= 0.3 is 0 Å². The third-order valence-corrected chi connectivity index (χ3v) is 3.27. The van der Waals surface area contributed by atoms with E-state index in [1.165, 1.54) is 0 Å². The molecule has 0 atom stereocenters. The quantitative estimate of drug-likeness (QED) is 0.455. The molecule has 0 aromatic heterocycles. The summed E-state index contributed by atoms with van der Waals surface area (Å²) < 4.78 is 26.9. The number of ketones is 1. The fourth-order valence-electron chi connectivity index (χ4n) is 2.30. The van der Waals surface area contributed by atoms with Crippen molar-refractivity contribution in [2.24, 2.45) is 0 Å². The molecule has 3 nitrogen and oxygen atoms in total. The number of unbranched alkanes of at least 4 members (excludes halogenated alkanes) is 3. The maximum atomic E-state index is 13.8. The summed E-state index contributed by atoms with van der Waals surface area (Å²) in [6, 6.07) is 1.60. The van der Waals surface area contributed by atoms with Crippen LogP contribution in [0.3, 0.4) is 0 Å². The smallest absolute Gasteiger partial charge is 0.299 e. The molecule has 0 radical (unpaired) electrons. The highest BCUT2D eigenvalue weighted by Gasteiger charge is 2.38. The van der Waals surface area contributed by atoms with Crippen molar-refractivity contribution in [3.63, 3.8) is 0 Å². The molecule has 5 heteroatoms. The third kappa shape index (κ3) is 2.61. The Labute approximate surface area is 115 Å². The lowest BCUT2D eigenvalue weighted by molar-refractivity contribution is -0.114. The van der Waals surface area contributed by atoms with Crippen LogP contribution >= 0.6 is 0 Å². The molecule has 106 valence electrons. The van der Waals surface area contributed by atoms with Gasteiger partial charge in [-0.3, -0.25) is 9.59 Å². The van der Waals surface area contributed by atoms with Crippen LogP contribution in [0, 0.1) is 11.6 Å². The standard InChI is InChI=1S/C15H15F2NO2/c1-2-3-4-5-6-7-18-13-11(14(19)15(18)20)8-10(16)9-12(13)17/h2,8-9H,1,3-7H2. The molecule has 20 heavy (non-hydrogen) atoms. The predicted octanol–water partition coefficient (Wildman–Crippen LogP) is 3.24. The first-order valence-corrected chi connectivity index (χ1v) is 6.52. The number of hydrogen-bond donors (Lipinski definition) is 0. The molecule has 0 saturated heterocycles. The zero-order chi connectivity index (χ0) is 14.7. The van der Waals surface area contributed by atoms with Gasteiger partial charge in [-0.15, -0.1) is 6.58 Å². The first-order chi connectivity index (χ1) is 9.56. The lowest BCUT2D eigenvalue weighted by Gasteiger charge is -2.16. The molecule has 0 bridgehead atoms. The van der Waals surface area contributed by atoms with Gasteiger partial charge in [0.25, 0.3) is 11.7 Å². The van der Waals surface area contributed by atoms with Crippen LogP contribution < -0.4 is 4.90 Å². The van der Waals surface area contributed by atoms with Gasteiger partial charge in [0.15, 0.2) is 5.82 Å². The van der Waals surface area contributed by atoms with Gasteiger partial charge in [0, 0.05) is 12.6 Å². The monoisotopic (exact) mass is 279 g/mol. The number of anilines is 1. The average molecular weight is 279 g/mol. The largest absolute Gasteiger partial charge is 0.302 e. The zero-order valence-corrected chi connectivity index (χ0v) is 11.0. The lowest BCUT2D eigenvalue weighted by atomic mass is 10.1. The maximum absolute atomic E-state index is 13.8. The normalized spacial score (nSPS) is 13.8. The minimum absolute atomic E-state index is 0.0925. The van der Waals surface area contributed by atoms with Crippen LogP contribution in [-0.2, 0) is 4.79 Å². The summed E-state index contributed by atoms with van der Waals surface area (Å²) in [6.07, 6.45) is 5.12. The van der Waals surface area contributed by atoms with Crippen LogP contribution in [0.15, 0.2) is 24.8 Å². The molecular formula is C15H15F2NO2. The van der Waals surface area contributed by atoms with Crippen LogP contribution in [0.1, 0.15) is 36.0 Å². The molecule has 0 aliphatic carbocycles. The summed E-state index contributed by atoms with van der Waals surface area (Å²) in [6.45, 7) is 3.87. The number of allylic oxidation sites excluding steroid dienone is 1.